The number of aryl methyl sites for hydroxylation is 1. The molecule has 0 aliphatic heterocycles. The van der Waals surface area contributed by atoms with Crippen molar-refractivity contribution in [3.63, 3.8) is 0 Å². The number of nitrogens with zero attached hydrogens (tertiary/aromatic N) is 1. The lowest BCUT2D eigenvalue weighted by Gasteiger charge is -2.24. The van der Waals surface area contributed by atoms with Crippen molar-refractivity contribution >= 4 is 12.0 Å². The van der Waals surface area contributed by atoms with Crippen LogP contribution >= 0.6 is 0 Å². The molecule has 0 atom stereocenters. The molecule has 0 aliphatic rings. The van der Waals surface area contributed by atoms with Gasteiger partial charge in [-0.05, 0) is 51.5 Å². The van der Waals surface area contributed by atoms with Gasteiger partial charge < -0.3 is 10.3 Å². The predicted octanol–water partition coefficient (Wildman–Crippen LogP) is 3.45. The molecule has 6 heteroatoms. The molecule has 2 rings (SSSR count). The average Bonchev–Trinajstić information content (AvgIpc) is 2.90. The molecule has 2 aromatic rings. The Bertz CT molecular complexity index is 763. The van der Waals surface area contributed by atoms with Gasteiger partial charge in [-0.1, -0.05) is 6.07 Å². The molecule has 0 saturated carbocycles. The highest BCUT2D eigenvalue weighted by molar-refractivity contribution is 5.97. The molecule has 122 valence electrons. The van der Waals surface area contributed by atoms with Gasteiger partial charge in [0.2, 0.25) is 5.91 Å². The molecule has 2 N–H and O–H groups in total. The minimum absolute atomic E-state index is 0.311. The van der Waals surface area contributed by atoms with E-state index in [1.54, 1.807) is 13.1 Å². The van der Waals surface area contributed by atoms with Gasteiger partial charge in [0, 0.05) is 17.5 Å². The number of amides is 1. The van der Waals surface area contributed by atoms with Crippen LogP contribution in [0.25, 0.3) is 6.08 Å². The summed E-state index contributed by atoms with van der Waals surface area (Å²) in [5.74, 6) is -1.53. The van der Waals surface area contributed by atoms with Crippen LogP contribution < -0.4 is 5.32 Å². The van der Waals surface area contributed by atoms with Crippen LogP contribution in [0, 0.1) is 18.6 Å². The van der Waals surface area contributed by atoms with Crippen LogP contribution in [0.2, 0.25) is 0 Å². The Balaban J connectivity index is 2.15. The third-order valence-electron chi connectivity index (χ3n) is 3.41. The second-order valence-corrected chi connectivity index (χ2v) is 5.99. The van der Waals surface area contributed by atoms with E-state index in [1.807, 2.05) is 20.8 Å². The Kier molecular flexibility index (Phi) is 4.63. The standard InChI is InChI=1S/C17H19F2N3O/c1-10(7-12-5-6-13(18)14(19)8-12)15(23)22-17(3,4)16-20-9-11(2)21-16/h5-9H,1-4H3,(H,20,21)(H,22,23)/b10-7+. The summed E-state index contributed by atoms with van der Waals surface area (Å²) in [5.41, 5.74) is 1.01. The van der Waals surface area contributed by atoms with Crippen molar-refractivity contribution in [2.75, 3.05) is 0 Å². The smallest absolute Gasteiger partial charge is 0.247 e. The Morgan fingerprint density at radius 3 is 2.57 bits per heavy atom. The summed E-state index contributed by atoms with van der Waals surface area (Å²) >= 11 is 0. The van der Waals surface area contributed by atoms with Gasteiger partial charge in [0.25, 0.3) is 0 Å². The van der Waals surface area contributed by atoms with Crippen molar-refractivity contribution in [3.05, 3.63) is 58.7 Å². The van der Waals surface area contributed by atoms with Gasteiger partial charge in [-0.3, -0.25) is 4.79 Å². The van der Waals surface area contributed by atoms with E-state index < -0.39 is 17.2 Å². The van der Waals surface area contributed by atoms with Gasteiger partial charge in [0.05, 0.1) is 5.54 Å². The van der Waals surface area contributed by atoms with Crippen LogP contribution in [0.1, 0.15) is 37.9 Å². The van der Waals surface area contributed by atoms with Crippen LogP contribution in [0.5, 0.6) is 0 Å². The normalized spacial score (nSPS) is 12.3. The van der Waals surface area contributed by atoms with Crippen LogP contribution in [0.15, 0.2) is 30.0 Å². The Labute approximate surface area is 133 Å². The predicted molar refractivity (Wildman–Crippen MR) is 84.5 cm³/mol. The molecule has 1 aromatic heterocycles. The number of rotatable bonds is 4. The Hall–Kier alpha value is -2.50. The number of carbonyl (C=O) groups excluding carboxylic acids is 1. The third-order valence-corrected chi connectivity index (χ3v) is 3.41. The van der Waals surface area contributed by atoms with Crippen molar-refractivity contribution in [2.45, 2.75) is 33.2 Å². The van der Waals surface area contributed by atoms with E-state index in [2.05, 4.69) is 15.3 Å². The number of imidazole rings is 1. The monoisotopic (exact) mass is 319 g/mol. The maximum atomic E-state index is 13.2. The van der Waals surface area contributed by atoms with Gasteiger partial charge in [0.1, 0.15) is 5.82 Å². The first-order valence-electron chi connectivity index (χ1n) is 7.17. The Morgan fingerprint density at radius 2 is 2.00 bits per heavy atom. The highest BCUT2D eigenvalue weighted by atomic mass is 19.2. The zero-order chi connectivity index (χ0) is 17.2. The minimum atomic E-state index is -0.946. The largest absolute Gasteiger partial charge is 0.344 e. The lowest BCUT2D eigenvalue weighted by molar-refractivity contribution is -0.119. The van der Waals surface area contributed by atoms with E-state index in [1.165, 1.54) is 12.1 Å². The van der Waals surface area contributed by atoms with Crippen LogP contribution in [-0.2, 0) is 10.3 Å². The molecule has 1 aromatic carbocycles. The van der Waals surface area contributed by atoms with Crippen LogP contribution in [-0.4, -0.2) is 15.9 Å². The molecule has 0 bridgehead atoms. The highest BCUT2D eigenvalue weighted by Gasteiger charge is 2.26. The quantitative estimate of drug-likeness (QED) is 0.848. The van der Waals surface area contributed by atoms with E-state index in [0.717, 1.165) is 17.8 Å². The minimum Gasteiger partial charge on any atom is -0.344 e. The second-order valence-electron chi connectivity index (χ2n) is 5.99. The fourth-order valence-corrected chi connectivity index (χ4v) is 2.09. The SMILES string of the molecule is C/C(=C\c1ccc(F)c(F)c1)C(=O)NC(C)(C)c1ncc(C)[nH]1. The lowest BCUT2D eigenvalue weighted by Crippen LogP contribution is -2.42. The molecular formula is C17H19F2N3O. The first kappa shape index (κ1) is 16.9. The summed E-state index contributed by atoms with van der Waals surface area (Å²) in [7, 11) is 0. The molecule has 4 nitrogen and oxygen atoms in total. The van der Waals surface area contributed by atoms with Crippen molar-refractivity contribution in [2.24, 2.45) is 0 Å². The van der Waals surface area contributed by atoms with Crippen molar-refractivity contribution in [3.8, 4) is 0 Å². The second kappa shape index (κ2) is 6.32. The summed E-state index contributed by atoms with van der Waals surface area (Å²) in [6.07, 6.45) is 3.19. The number of hydrogen-bond acceptors (Lipinski definition) is 2. The molecule has 0 aliphatic carbocycles. The number of halogens is 2. The Morgan fingerprint density at radius 1 is 1.30 bits per heavy atom. The van der Waals surface area contributed by atoms with Gasteiger partial charge >= 0.3 is 0 Å². The first-order chi connectivity index (χ1) is 10.7. The summed E-state index contributed by atoms with van der Waals surface area (Å²) in [5, 5.41) is 2.86. The highest BCUT2D eigenvalue weighted by Crippen LogP contribution is 2.18. The number of benzene rings is 1. The maximum absolute atomic E-state index is 13.2. The number of carbonyl (C=O) groups is 1. The van der Waals surface area contributed by atoms with Gasteiger partial charge in [-0.25, -0.2) is 13.8 Å². The molecule has 0 saturated heterocycles. The van der Waals surface area contributed by atoms with Crippen LogP contribution in [0.3, 0.4) is 0 Å². The van der Waals surface area contributed by atoms with Crippen LogP contribution in [0.4, 0.5) is 8.78 Å². The molecule has 1 amide bonds. The number of aromatic nitrogens is 2. The topological polar surface area (TPSA) is 57.8 Å². The van der Waals surface area contributed by atoms with Gasteiger partial charge in [-0.15, -0.1) is 0 Å². The summed E-state index contributed by atoms with van der Waals surface area (Å²) < 4.78 is 26.1. The molecule has 0 fully saturated rings. The summed E-state index contributed by atoms with van der Waals surface area (Å²) in [4.78, 5) is 19.6. The zero-order valence-electron chi connectivity index (χ0n) is 13.5. The molecule has 23 heavy (non-hydrogen) atoms. The third kappa shape index (κ3) is 4.03. The van der Waals surface area contributed by atoms with E-state index in [-0.39, 0.29) is 5.91 Å². The van der Waals surface area contributed by atoms with Gasteiger partial charge in [-0.2, -0.15) is 0 Å². The molecule has 0 unspecified atom stereocenters. The summed E-state index contributed by atoms with van der Waals surface area (Å²) in [6.45, 7) is 7.14. The van der Waals surface area contributed by atoms with E-state index in [9.17, 15) is 13.6 Å². The van der Waals surface area contributed by atoms with Gasteiger partial charge in [0.15, 0.2) is 11.6 Å². The fourth-order valence-electron chi connectivity index (χ4n) is 2.09. The number of aromatic amines is 1. The number of H-pyrrole nitrogens is 1. The summed E-state index contributed by atoms with van der Waals surface area (Å²) in [6, 6.07) is 3.49. The van der Waals surface area contributed by atoms with Crippen molar-refractivity contribution in [1.29, 1.82) is 0 Å². The van der Waals surface area contributed by atoms with Crippen molar-refractivity contribution < 1.29 is 13.6 Å². The lowest BCUT2D eigenvalue weighted by atomic mass is 10.0. The first-order valence-corrected chi connectivity index (χ1v) is 7.17. The van der Waals surface area contributed by atoms with E-state index >= 15 is 0 Å². The van der Waals surface area contributed by atoms with E-state index in [4.69, 9.17) is 0 Å². The molecule has 1 heterocycles. The number of hydrogen-bond donors (Lipinski definition) is 2. The fraction of sp³-hybridized carbons (Fsp3) is 0.294. The maximum Gasteiger partial charge on any atom is 0.247 e. The van der Waals surface area contributed by atoms with E-state index in [0.29, 0.717) is 17.0 Å². The molecular weight excluding hydrogens is 300 g/mol. The zero-order valence-corrected chi connectivity index (χ0v) is 13.5. The number of nitrogens with one attached hydrogen (secondary N) is 2. The molecule has 0 spiro atoms. The molecule has 0 radical (unpaired) electrons. The average molecular weight is 319 g/mol. The van der Waals surface area contributed by atoms with Crippen molar-refractivity contribution in [1.82, 2.24) is 15.3 Å².